The molecule has 0 aromatic rings. The summed E-state index contributed by atoms with van der Waals surface area (Å²) in [6.45, 7) is 7.19. The van der Waals surface area contributed by atoms with Gasteiger partial charge in [-0.2, -0.15) is 0 Å². The van der Waals surface area contributed by atoms with E-state index in [1.54, 1.807) is 0 Å². The number of ether oxygens (including phenoxy) is 3. The minimum atomic E-state index is -0.383. The molecular formula is C15H24O4. The molecule has 1 spiro atoms. The van der Waals surface area contributed by atoms with Crippen LogP contribution in [0.4, 0.5) is 0 Å². The summed E-state index contributed by atoms with van der Waals surface area (Å²) in [7, 11) is 0. The first kappa shape index (κ1) is 13.4. The molecule has 19 heavy (non-hydrogen) atoms. The fourth-order valence-electron chi connectivity index (χ4n) is 3.67. The molecule has 1 heterocycles. The molecule has 3 fully saturated rings. The zero-order valence-electron chi connectivity index (χ0n) is 12.2. The second-order valence-corrected chi connectivity index (χ2v) is 7.34. The standard InChI is InChI=1S/C15H24O4/c1-13(2,3)19-12(16)10-14-4-5-15(9-11(14)8-14)17-6-7-18-15/h11H,4-10H2,1-3H3. The summed E-state index contributed by atoms with van der Waals surface area (Å²) in [4.78, 5) is 12.0. The van der Waals surface area contributed by atoms with Crippen molar-refractivity contribution in [3.8, 4) is 0 Å². The lowest BCUT2D eigenvalue weighted by Crippen LogP contribution is -2.37. The van der Waals surface area contributed by atoms with Crippen molar-refractivity contribution in [1.82, 2.24) is 0 Å². The van der Waals surface area contributed by atoms with Gasteiger partial charge < -0.3 is 14.2 Å². The summed E-state index contributed by atoms with van der Waals surface area (Å²) in [6.07, 6.45) is 4.59. The Morgan fingerprint density at radius 3 is 2.47 bits per heavy atom. The van der Waals surface area contributed by atoms with E-state index in [0.29, 0.717) is 25.6 Å². The van der Waals surface area contributed by atoms with Gasteiger partial charge in [0.1, 0.15) is 5.60 Å². The molecule has 0 radical (unpaired) electrons. The molecule has 2 saturated carbocycles. The lowest BCUT2D eigenvalue weighted by Gasteiger charge is -2.35. The van der Waals surface area contributed by atoms with Gasteiger partial charge >= 0.3 is 5.97 Å². The number of hydrogen-bond donors (Lipinski definition) is 0. The van der Waals surface area contributed by atoms with E-state index >= 15 is 0 Å². The summed E-state index contributed by atoms with van der Waals surface area (Å²) in [5.74, 6) is 0.199. The van der Waals surface area contributed by atoms with Crippen LogP contribution in [0, 0.1) is 11.3 Å². The Balaban J connectivity index is 1.56. The van der Waals surface area contributed by atoms with Crippen molar-refractivity contribution in [2.45, 2.75) is 64.3 Å². The molecule has 3 rings (SSSR count). The molecular weight excluding hydrogens is 244 g/mol. The maximum Gasteiger partial charge on any atom is 0.306 e. The fraction of sp³-hybridized carbons (Fsp3) is 0.933. The van der Waals surface area contributed by atoms with E-state index in [4.69, 9.17) is 14.2 Å². The van der Waals surface area contributed by atoms with E-state index in [1.165, 1.54) is 0 Å². The third kappa shape index (κ3) is 2.65. The molecule has 2 aliphatic carbocycles. The maximum absolute atomic E-state index is 12.0. The molecule has 2 unspecified atom stereocenters. The lowest BCUT2D eigenvalue weighted by molar-refractivity contribution is -0.186. The lowest BCUT2D eigenvalue weighted by atomic mass is 9.82. The van der Waals surface area contributed by atoms with Crippen LogP contribution in [0.25, 0.3) is 0 Å². The van der Waals surface area contributed by atoms with Gasteiger partial charge in [-0.1, -0.05) is 0 Å². The van der Waals surface area contributed by atoms with Crippen LogP contribution >= 0.6 is 0 Å². The highest BCUT2D eigenvalue weighted by Gasteiger charge is 2.62. The second kappa shape index (κ2) is 4.19. The third-order valence-corrected chi connectivity index (χ3v) is 4.65. The SMILES string of the molecule is CC(C)(C)OC(=O)CC12CCC3(CC1C2)OCCO3. The van der Waals surface area contributed by atoms with Crippen LogP contribution in [0.2, 0.25) is 0 Å². The normalized spacial score (nSPS) is 36.1. The van der Waals surface area contributed by atoms with Gasteiger partial charge in [0.05, 0.1) is 19.6 Å². The highest BCUT2D eigenvalue weighted by molar-refractivity contribution is 5.71. The van der Waals surface area contributed by atoms with E-state index in [2.05, 4.69) is 0 Å². The number of rotatable bonds is 2. The van der Waals surface area contributed by atoms with Gasteiger partial charge in [0, 0.05) is 12.8 Å². The quantitative estimate of drug-likeness (QED) is 0.722. The molecule has 0 N–H and O–H groups in total. The molecule has 4 heteroatoms. The second-order valence-electron chi connectivity index (χ2n) is 7.34. The average Bonchev–Trinajstić information content (AvgIpc) is 2.74. The zero-order valence-corrected chi connectivity index (χ0v) is 12.2. The largest absolute Gasteiger partial charge is 0.460 e. The first-order valence-electron chi connectivity index (χ1n) is 7.32. The van der Waals surface area contributed by atoms with E-state index in [1.807, 2.05) is 20.8 Å². The zero-order chi connectivity index (χ0) is 13.7. The van der Waals surface area contributed by atoms with Gasteiger partial charge in [0.15, 0.2) is 5.79 Å². The number of esters is 1. The Bertz CT molecular complexity index is 378. The summed E-state index contributed by atoms with van der Waals surface area (Å²) in [5.41, 5.74) is -0.200. The number of fused-ring (bicyclic) bond motifs is 1. The number of hydrogen-bond acceptors (Lipinski definition) is 4. The summed E-state index contributed by atoms with van der Waals surface area (Å²) in [5, 5.41) is 0. The van der Waals surface area contributed by atoms with Crippen molar-refractivity contribution >= 4 is 5.97 Å². The van der Waals surface area contributed by atoms with Crippen molar-refractivity contribution in [1.29, 1.82) is 0 Å². The predicted molar refractivity (Wildman–Crippen MR) is 69.5 cm³/mol. The molecule has 0 aromatic heterocycles. The highest BCUT2D eigenvalue weighted by Crippen LogP contribution is 2.66. The Morgan fingerprint density at radius 1 is 1.21 bits per heavy atom. The molecule has 0 aromatic carbocycles. The van der Waals surface area contributed by atoms with Crippen LogP contribution in [0.5, 0.6) is 0 Å². The topological polar surface area (TPSA) is 44.8 Å². The molecule has 0 bridgehead atoms. The van der Waals surface area contributed by atoms with E-state index in [9.17, 15) is 4.79 Å². The summed E-state index contributed by atoms with van der Waals surface area (Å²) in [6, 6.07) is 0. The van der Waals surface area contributed by atoms with E-state index in [0.717, 1.165) is 25.7 Å². The fourth-order valence-corrected chi connectivity index (χ4v) is 3.67. The smallest absolute Gasteiger partial charge is 0.306 e. The molecule has 2 atom stereocenters. The van der Waals surface area contributed by atoms with Gasteiger partial charge in [0.2, 0.25) is 0 Å². The monoisotopic (exact) mass is 268 g/mol. The van der Waals surface area contributed by atoms with Crippen LogP contribution in [0.15, 0.2) is 0 Å². The van der Waals surface area contributed by atoms with Gasteiger partial charge in [0.25, 0.3) is 0 Å². The van der Waals surface area contributed by atoms with Crippen LogP contribution < -0.4 is 0 Å². The van der Waals surface area contributed by atoms with Crippen LogP contribution in [-0.4, -0.2) is 30.6 Å². The minimum Gasteiger partial charge on any atom is -0.460 e. The minimum absolute atomic E-state index is 0.0563. The van der Waals surface area contributed by atoms with Crippen LogP contribution in [0.3, 0.4) is 0 Å². The van der Waals surface area contributed by atoms with E-state index in [-0.39, 0.29) is 22.8 Å². The predicted octanol–water partition coefficient (Wildman–Crippen LogP) is 2.65. The Labute approximate surface area is 114 Å². The molecule has 4 nitrogen and oxygen atoms in total. The van der Waals surface area contributed by atoms with E-state index < -0.39 is 0 Å². The van der Waals surface area contributed by atoms with Crippen molar-refractivity contribution in [2.24, 2.45) is 11.3 Å². The Morgan fingerprint density at radius 2 is 1.89 bits per heavy atom. The van der Waals surface area contributed by atoms with Gasteiger partial charge in [-0.25, -0.2) is 0 Å². The van der Waals surface area contributed by atoms with Crippen molar-refractivity contribution in [3.05, 3.63) is 0 Å². The third-order valence-electron chi connectivity index (χ3n) is 4.65. The van der Waals surface area contributed by atoms with Crippen LogP contribution in [-0.2, 0) is 19.0 Å². The van der Waals surface area contributed by atoms with Crippen molar-refractivity contribution < 1.29 is 19.0 Å². The maximum atomic E-state index is 12.0. The van der Waals surface area contributed by atoms with Gasteiger partial charge in [-0.15, -0.1) is 0 Å². The summed E-state index contributed by atoms with van der Waals surface area (Å²) >= 11 is 0. The van der Waals surface area contributed by atoms with Crippen molar-refractivity contribution in [3.63, 3.8) is 0 Å². The summed E-state index contributed by atoms with van der Waals surface area (Å²) < 4.78 is 17.0. The van der Waals surface area contributed by atoms with Crippen LogP contribution in [0.1, 0.15) is 52.9 Å². The molecule has 1 aliphatic heterocycles. The first-order valence-corrected chi connectivity index (χ1v) is 7.32. The molecule has 0 amide bonds. The molecule has 3 aliphatic rings. The van der Waals surface area contributed by atoms with Gasteiger partial charge in [-0.3, -0.25) is 4.79 Å². The average molecular weight is 268 g/mol. The number of carbonyl (C=O) groups is 1. The highest BCUT2D eigenvalue weighted by atomic mass is 16.7. The first-order chi connectivity index (χ1) is 8.83. The number of carbonyl (C=O) groups excluding carboxylic acids is 1. The Hall–Kier alpha value is -0.610. The van der Waals surface area contributed by atoms with Crippen molar-refractivity contribution in [2.75, 3.05) is 13.2 Å². The molecule has 108 valence electrons. The Kier molecular flexibility index (Phi) is 2.95. The van der Waals surface area contributed by atoms with Gasteiger partial charge in [-0.05, 0) is 44.9 Å². The molecule has 1 saturated heterocycles.